The third-order valence-corrected chi connectivity index (χ3v) is 9.33. The normalized spacial score (nSPS) is 13.1. The fourth-order valence-electron chi connectivity index (χ4n) is 5.05. The molecule has 47 heavy (non-hydrogen) atoms. The summed E-state index contributed by atoms with van der Waals surface area (Å²) in [5.74, 6) is -3.81. The number of hydrogen-bond donors (Lipinski definition) is 0. The minimum atomic E-state index is -0.996. The monoisotopic (exact) mass is 672 g/mol. The lowest BCUT2D eigenvalue weighted by Gasteiger charge is -2.21. The molecule has 0 amide bonds. The van der Waals surface area contributed by atoms with Crippen molar-refractivity contribution < 1.29 is 37.4 Å². The minimum absolute atomic E-state index is 0.0803. The van der Waals surface area contributed by atoms with Crippen LogP contribution in [0.5, 0.6) is 5.75 Å². The first-order valence-corrected chi connectivity index (χ1v) is 16.5. The smallest absolute Gasteiger partial charge is 0.339 e. The first-order chi connectivity index (χ1) is 22.5. The van der Waals surface area contributed by atoms with Crippen LogP contribution >= 0.6 is 23.5 Å². The molecule has 4 aromatic rings. The van der Waals surface area contributed by atoms with Crippen LogP contribution in [0, 0.1) is 5.82 Å². The zero-order valence-electron chi connectivity index (χ0n) is 25.3. The van der Waals surface area contributed by atoms with Gasteiger partial charge in [0.1, 0.15) is 6.10 Å². The van der Waals surface area contributed by atoms with E-state index < -0.39 is 33.8 Å². The van der Waals surface area contributed by atoms with Crippen molar-refractivity contribution in [1.82, 2.24) is 0 Å². The van der Waals surface area contributed by atoms with Gasteiger partial charge in [-0.1, -0.05) is 49.9 Å². The minimum Gasteiger partial charge on any atom is -0.462 e. The summed E-state index contributed by atoms with van der Waals surface area (Å²) in [4.78, 5) is 50.4. The highest BCUT2D eigenvalue weighted by Gasteiger charge is 2.22. The molecule has 0 aliphatic heterocycles. The summed E-state index contributed by atoms with van der Waals surface area (Å²) < 4.78 is 38.3. The Hall–Kier alpha value is -4.54. The van der Waals surface area contributed by atoms with E-state index >= 15 is 0 Å². The molecule has 0 heterocycles. The van der Waals surface area contributed by atoms with Gasteiger partial charge in [0.2, 0.25) is 5.12 Å². The Labute approximate surface area is 279 Å². The fraction of sp³-hybridized carbons (Fsp3) is 0.189. The second-order valence-electron chi connectivity index (χ2n) is 11.0. The van der Waals surface area contributed by atoms with E-state index in [0.29, 0.717) is 9.79 Å². The number of carbonyl (C=O) groups is 4. The summed E-state index contributed by atoms with van der Waals surface area (Å²) in [5, 5.41) is 0.691. The maximum Gasteiger partial charge on any atom is 0.339 e. The van der Waals surface area contributed by atoms with Crippen LogP contribution in [0.4, 0.5) is 8.78 Å². The van der Waals surface area contributed by atoms with Crippen molar-refractivity contribution in [2.24, 2.45) is 0 Å². The number of rotatable bonds is 10. The summed E-state index contributed by atoms with van der Waals surface area (Å²) in [7, 11) is 0. The molecule has 4 aromatic carbocycles. The summed E-state index contributed by atoms with van der Waals surface area (Å²) in [6.45, 7) is 6.61. The molecule has 0 bridgehead atoms. The molecule has 0 atom stereocenters. The predicted octanol–water partition coefficient (Wildman–Crippen LogP) is 9.41. The van der Waals surface area contributed by atoms with E-state index in [9.17, 15) is 28.0 Å². The zero-order chi connectivity index (χ0) is 33.5. The van der Waals surface area contributed by atoms with Crippen molar-refractivity contribution >= 4 is 56.5 Å². The molecule has 6 nitrogen and oxygen atoms in total. The van der Waals surface area contributed by atoms with Gasteiger partial charge in [0.15, 0.2) is 17.4 Å². The van der Waals surface area contributed by atoms with E-state index in [4.69, 9.17) is 9.47 Å². The summed E-state index contributed by atoms with van der Waals surface area (Å²) in [6.07, 6.45) is 4.17. The van der Waals surface area contributed by atoms with E-state index in [2.05, 4.69) is 13.2 Å². The van der Waals surface area contributed by atoms with Crippen LogP contribution in [0.1, 0.15) is 48.9 Å². The van der Waals surface area contributed by atoms with Crippen molar-refractivity contribution in [3.05, 3.63) is 115 Å². The standard InChI is InChI=1S/C37H30F2O6S2/c1-22(18-34(40)44-29-6-4-3-5-7-29)35(41)45-33-17-13-28(21-32(33)39)37(43)47-31-16-12-26-19-25(8-9-27(26)20-31)24-10-14-30(15-11-24)46-36(42)23(2)38/h8-17,19-21,29H,1-7,18H2. The van der Waals surface area contributed by atoms with Gasteiger partial charge in [-0.05, 0) is 120 Å². The molecule has 240 valence electrons. The number of ether oxygens (including phenoxy) is 2. The highest BCUT2D eigenvalue weighted by molar-refractivity contribution is 8.14. The zero-order valence-corrected chi connectivity index (χ0v) is 26.9. The molecule has 0 radical (unpaired) electrons. The Balaban J connectivity index is 1.17. The number of carbonyl (C=O) groups excluding carboxylic acids is 4. The Morgan fingerprint density at radius 3 is 2.13 bits per heavy atom. The Kier molecular flexibility index (Phi) is 11.1. The number of thioether (sulfide) groups is 2. The van der Waals surface area contributed by atoms with Gasteiger partial charge >= 0.3 is 11.9 Å². The molecule has 1 saturated carbocycles. The number of halogens is 2. The second-order valence-corrected chi connectivity index (χ2v) is 13.1. The molecule has 5 rings (SSSR count). The highest BCUT2D eigenvalue weighted by Crippen LogP contribution is 2.32. The first-order valence-electron chi connectivity index (χ1n) is 14.9. The van der Waals surface area contributed by atoms with Gasteiger partial charge in [-0.25, -0.2) is 13.6 Å². The number of fused-ring (bicyclic) bond motifs is 1. The maximum absolute atomic E-state index is 14.8. The lowest BCUT2D eigenvalue weighted by molar-refractivity contribution is -0.150. The SMILES string of the molecule is C=C(F)C(=O)Sc1ccc(-c2ccc3cc(SC(=O)c4ccc(OC(=O)C(=C)CC(=O)OC5CCCCC5)c(F)c4)ccc3c2)cc1. The van der Waals surface area contributed by atoms with Crippen molar-refractivity contribution in [3.8, 4) is 16.9 Å². The molecule has 0 spiro atoms. The first kappa shape index (κ1) is 33.8. The highest BCUT2D eigenvalue weighted by atomic mass is 32.2. The molecule has 0 N–H and O–H groups in total. The molecule has 10 heteroatoms. The molecule has 0 saturated heterocycles. The third kappa shape index (κ3) is 9.05. The van der Waals surface area contributed by atoms with E-state index in [0.717, 1.165) is 83.6 Å². The van der Waals surface area contributed by atoms with E-state index in [1.54, 1.807) is 18.2 Å². The van der Waals surface area contributed by atoms with Gasteiger partial charge in [-0.15, -0.1) is 0 Å². The molecule has 0 aromatic heterocycles. The summed E-state index contributed by atoms with van der Waals surface area (Å²) in [6, 6.07) is 22.1. The Bertz CT molecular complexity index is 1880. The van der Waals surface area contributed by atoms with E-state index in [-0.39, 0.29) is 29.4 Å². The average molecular weight is 673 g/mol. The molecular formula is C37H30F2O6S2. The number of benzene rings is 4. The van der Waals surface area contributed by atoms with Gasteiger partial charge in [0, 0.05) is 20.9 Å². The van der Waals surface area contributed by atoms with E-state index in [1.165, 1.54) is 12.1 Å². The molecule has 1 aliphatic rings. The van der Waals surface area contributed by atoms with Gasteiger partial charge < -0.3 is 9.47 Å². The molecule has 0 unspecified atom stereocenters. The average Bonchev–Trinajstić information content (AvgIpc) is 3.06. The van der Waals surface area contributed by atoms with Gasteiger partial charge in [-0.2, -0.15) is 0 Å². The van der Waals surface area contributed by atoms with Crippen molar-refractivity contribution in [3.63, 3.8) is 0 Å². The molecule has 1 fully saturated rings. The summed E-state index contributed by atoms with van der Waals surface area (Å²) in [5.41, 5.74) is 1.77. The maximum atomic E-state index is 14.8. The largest absolute Gasteiger partial charge is 0.462 e. The van der Waals surface area contributed by atoms with Crippen molar-refractivity contribution in [2.75, 3.05) is 0 Å². The van der Waals surface area contributed by atoms with Gasteiger partial charge in [-0.3, -0.25) is 14.4 Å². The molecule has 1 aliphatic carbocycles. The van der Waals surface area contributed by atoms with Crippen LogP contribution in [0.3, 0.4) is 0 Å². The Morgan fingerprint density at radius 1 is 0.766 bits per heavy atom. The predicted molar refractivity (Wildman–Crippen MR) is 179 cm³/mol. The fourth-order valence-corrected chi connectivity index (χ4v) is 6.43. The van der Waals surface area contributed by atoms with Crippen LogP contribution in [0.25, 0.3) is 21.9 Å². The van der Waals surface area contributed by atoms with Crippen LogP contribution < -0.4 is 4.74 Å². The van der Waals surface area contributed by atoms with Crippen molar-refractivity contribution in [1.29, 1.82) is 0 Å². The number of esters is 2. The second kappa shape index (κ2) is 15.4. The van der Waals surface area contributed by atoms with Crippen LogP contribution in [-0.4, -0.2) is 28.3 Å². The Morgan fingerprint density at radius 2 is 1.43 bits per heavy atom. The quantitative estimate of drug-likeness (QED) is 0.0713. The van der Waals surface area contributed by atoms with E-state index in [1.807, 2.05) is 42.5 Å². The van der Waals surface area contributed by atoms with Crippen LogP contribution in [-0.2, 0) is 19.1 Å². The molecular weight excluding hydrogens is 643 g/mol. The van der Waals surface area contributed by atoms with Crippen LogP contribution in [0.2, 0.25) is 0 Å². The third-order valence-electron chi connectivity index (χ3n) is 7.51. The summed E-state index contributed by atoms with van der Waals surface area (Å²) >= 11 is 1.71. The topological polar surface area (TPSA) is 86.7 Å². The van der Waals surface area contributed by atoms with Crippen LogP contribution in [0.15, 0.2) is 113 Å². The lowest BCUT2D eigenvalue weighted by Crippen LogP contribution is -2.22. The lowest BCUT2D eigenvalue weighted by atomic mass is 9.98. The van der Waals surface area contributed by atoms with Gasteiger partial charge in [0.25, 0.3) is 5.12 Å². The van der Waals surface area contributed by atoms with Crippen molar-refractivity contribution in [2.45, 2.75) is 54.4 Å². The van der Waals surface area contributed by atoms with Gasteiger partial charge in [0.05, 0.1) is 6.42 Å². The number of hydrogen-bond acceptors (Lipinski definition) is 8.